The van der Waals surface area contributed by atoms with Crippen molar-refractivity contribution in [2.75, 3.05) is 0 Å². The summed E-state index contributed by atoms with van der Waals surface area (Å²) in [6.07, 6.45) is 1.06. The highest BCUT2D eigenvalue weighted by atomic mass is 19.1. The smallest absolute Gasteiger partial charge is 0.219 e. The molecule has 0 saturated carbocycles. The Morgan fingerprint density at radius 3 is 2.42 bits per heavy atom. The normalized spacial score (nSPS) is 10.6. The lowest BCUT2D eigenvalue weighted by molar-refractivity contribution is 0.402. The van der Waals surface area contributed by atoms with Crippen molar-refractivity contribution in [3.8, 4) is 17.4 Å². The Morgan fingerprint density at radius 1 is 1.00 bits per heavy atom. The van der Waals surface area contributed by atoms with Gasteiger partial charge in [-0.05, 0) is 29.0 Å². The Hall–Kier alpha value is -2.62. The number of phenolic OH excluding ortho intramolecular Hbond substituents is 1. The van der Waals surface area contributed by atoms with Gasteiger partial charge in [0.2, 0.25) is 5.88 Å². The van der Waals surface area contributed by atoms with Crippen molar-refractivity contribution in [1.82, 2.24) is 4.98 Å². The molecule has 4 heteroatoms. The molecule has 0 aliphatic heterocycles. The minimum Gasteiger partial charge on any atom is -0.504 e. The first-order chi connectivity index (χ1) is 9.22. The molecule has 3 aromatic rings. The maximum Gasteiger partial charge on any atom is 0.219 e. The summed E-state index contributed by atoms with van der Waals surface area (Å²) in [5.41, 5.74) is 0. The Morgan fingerprint density at radius 2 is 1.74 bits per heavy atom. The number of phenols is 1. The van der Waals surface area contributed by atoms with E-state index in [9.17, 15) is 9.50 Å². The average Bonchev–Trinajstić information content (AvgIpc) is 2.42. The predicted octanol–water partition coefficient (Wildman–Crippen LogP) is 3.87. The number of ether oxygens (including phenoxy) is 1. The van der Waals surface area contributed by atoms with Gasteiger partial charge in [0.15, 0.2) is 11.5 Å². The van der Waals surface area contributed by atoms with Crippen LogP contribution in [0.4, 0.5) is 4.39 Å². The number of aromatic hydroxyl groups is 1. The first kappa shape index (κ1) is 11.5. The van der Waals surface area contributed by atoms with Gasteiger partial charge in [-0.15, -0.1) is 0 Å². The van der Waals surface area contributed by atoms with Crippen molar-refractivity contribution in [2.24, 2.45) is 0 Å². The molecule has 0 radical (unpaired) electrons. The molecule has 0 atom stereocenters. The van der Waals surface area contributed by atoms with Crippen LogP contribution >= 0.6 is 0 Å². The fourth-order valence-corrected chi connectivity index (χ4v) is 1.82. The van der Waals surface area contributed by atoms with Crippen LogP contribution in [0.2, 0.25) is 0 Å². The molecule has 3 rings (SSSR count). The zero-order valence-electron chi connectivity index (χ0n) is 9.88. The largest absolute Gasteiger partial charge is 0.504 e. The summed E-state index contributed by atoms with van der Waals surface area (Å²) in [6.45, 7) is 0. The van der Waals surface area contributed by atoms with Crippen molar-refractivity contribution in [3.63, 3.8) is 0 Å². The monoisotopic (exact) mass is 255 g/mol. The summed E-state index contributed by atoms with van der Waals surface area (Å²) >= 11 is 0. The summed E-state index contributed by atoms with van der Waals surface area (Å²) in [6, 6.07) is 13.6. The van der Waals surface area contributed by atoms with Gasteiger partial charge in [0.05, 0.1) is 6.20 Å². The zero-order valence-corrected chi connectivity index (χ0v) is 9.88. The second-order valence-corrected chi connectivity index (χ2v) is 4.08. The lowest BCUT2D eigenvalue weighted by Gasteiger charge is -2.08. The lowest BCUT2D eigenvalue weighted by atomic mass is 10.1. The first-order valence-electron chi connectivity index (χ1n) is 5.73. The summed E-state index contributed by atoms with van der Waals surface area (Å²) in [5, 5.41) is 11.8. The number of hydrogen-bond acceptors (Lipinski definition) is 3. The number of aromatic nitrogens is 1. The number of benzene rings is 2. The molecule has 0 spiro atoms. The minimum absolute atomic E-state index is 0.0184. The van der Waals surface area contributed by atoms with Crippen molar-refractivity contribution < 1.29 is 14.2 Å². The maximum atomic E-state index is 12.7. The zero-order chi connectivity index (χ0) is 13.2. The van der Waals surface area contributed by atoms with E-state index in [-0.39, 0.29) is 17.4 Å². The molecule has 0 amide bonds. The van der Waals surface area contributed by atoms with Crippen LogP contribution in [0.1, 0.15) is 0 Å². The van der Waals surface area contributed by atoms with Crippen LogP contribution in [-0.2, 0) is 0 Å². The van der Waals surface area contributed by atoms with Gasteiger partial charge in [-0.3, -0.25) is 0 Å². The molecule has 1 N–H and O–H groups in total. The number of nitrogens with zero attached hydrogens (tertiary/aromatic N) is 1. The van der Waals surface area contributed by atoms with E-state index in [1.54, 1.807) is 12.1 Å². The molecule has 0 fully saturated rings. The van der Waals surface area contributed by atoms with E-state index in [1.807, 2.05) is 24.3 Å². The third-order valence-corrected chi connectivity index (χ3v) is 2.74. The second kappa shape index (κ2) is 4.57. The summed E-state index contributed by atoms with van der Waals surface area (Å²) < 4.78 is 18.2. The number of fused-ring (bicyclic) bond motifs is 1. The second-order valence-electron chi connectivity index (χ2n) is 4.08. The predicted molar refractivity (Wildman–Crippen MR) is 69.9 cm³/mol. The van der Waals surface area contributed by atoms with Crippen LogP contribution in [0.25, 0.3) is 10.8 Å². The van der Waals surface area contributed by atoms with E-state index in [0.29, 0.717) is 0 Å². The average molecular weight is 255 g/mol. The van der Waals surface area contributed by atoms with Crippen molar-refractivity contribution >= 4 is 10.8 Å². The van der Waals surface area contributed by atoms with Gasteiger partial charge in [0.25, 0.3) is 0 Å². The van der Waals surface area contributed by atoms with Gasteiger partial charge in [-0.1, -0.05) is 24.3 Å². The maximum absolute atomic E-state index is 12.7. The highest BCUT2D eigenvalue weighted by molar-refractivity contribution is 5.85. The quantitative estimate of drug-likeness (QED) is 0.755. The van der Waals surface area contributed by atoms with E-state index in [2.05, 4.69) is 4.98 Å². The molecule has 0 aliphatic carbocycles. The highest BCUT2D eigenvalue weighted by Gasteiger charge is 2.07. The molecular weight excluding hydrogens is 245 g/mol. The number of pyridine rings is 1. The van der Waals surface area contributed by atoms with Crippen LogP contribution in [0.15, 0.2) is 54.7 Å². The number of rotatable bonds is 2. The molecule has 3 nitrogen and oxygen atoms in total. The molecule has 19 heavy (non-hydrogen) atoms. The molecule has 0 saturated heterocycles. The molecule has 2 aromatic carbocycles. The van der Waals surface area contributed by atoms with Crippen LogP contribution in [0.3, 0.4) is 0 Å². The lowest BCUT2D eigenvalue weighted by Crippen LogP contribution is -1.89. The standard InChI is InChI=1S/C15H10FNO2/c16-12-5-6-15(17-9-12)19-14-8-11-4-2-1-3-10(11)7-13(14)18/h1-9,18H. The number of hydrogen-bond donors (Lipinski definition) is 1. The molecule has 0 bridgehead atoms. The Labute approximate surface area is 108 Å². The van der Waals surface area contributed by atoms with Gasteiger partial charge < -0.3 is 9.84 Å². The molecule has 1 heterocycles. The van der Waals surface area contributed by atoms with Crippen molar-refractivity contribution in [3.05, 3.63) is 60.5 Å². The van der Waals surface area contributed by atoms with Gasteiger partial charge in [-0.25, -0.2) is 9.37 Å². The molecule has 0 aliphatic rings. The fourth-order valence-electron chi connectivity index (χ4n) is 1.82. The van der Waals surface area contributed by atoms with E-state index >= 15 is 0 Å². The van der Waals surface area contributed by atoms with Crippen LogP contribution in [0, 0.1) is 5.82 Å². The molecule has 94 valence electrons. The van der Waals surface area contributed by atoms with Gasteiger partial charge >= 0.3 is 0 Å². The van der Waals surface area contributed by atoms with E-state index in [1.165, 1.54) is 12.1 Å². The highest BCUT2D eigenvalue weighted by Crippen LogP contribution is 2.33. The fraction of sp³-hybridized carbons (Fsp3) is 0. The molecule has 0 unspecified atom stereocenters. The summed E-state index contributed by atoms with van der Waals surface area (Å²) in [5.74, 6) is 0.102. The SMILES string of the molecule is Oc1cc2ccccc2cc1Oc1ccc(F)cn1. The minimum atomic E-state index is -0.435. The van der Waals surface area contributed by atoms with E-state index in [0.717, 1.165) is 17.0 Å². The van der Waals surface area contributed by atoms with Gasteiger partial charge in [-0.2, -0.15) is 0 Å². The topological polar surface area (TPSA) is 42.4 Å². The van der Waals surface area contributed by atoms with Gasteiger partial charge in [0.1, 0.15) is 5.82 Å². The van der Waals surface area contributed by atoms with Crippen molar-refractivity contribution in [1.29, 1.82) is 0 Å². The Kier molecular flexibility index (Phi) is 2.76. The summed E-state index contributed by atoms with van der Waals surface area (Å²) in [7, 11) is 0. The van der Waals surface area contributed by atoms with E-state index < -0.39 is 5.82 Å². The Bertz CT molecular complexity index is 726. The molecular formula is C15H10FNO2. The first-order valence-corrected chi connectivity index (χ1v) is 5.73. The van der Waals surface area contributed by atoms with Crippen molar-refractivity contribution in [2.45, 2.75) is 0 Å². The van der Waals surface area contributed by atoms with Crippen LogP contribution in [0.5, 0.6) is 17.4 Å². The van der Waals surface area contributed by atoms with Crippen LogP contribution < -0.4 is 4.74 Å². The van der Waals surface area contributed by atoms with Crippen LogP contribution in [-0.4, -0.2) is 10.1 Å². The summed E-state index contributed by atoms with van der Waals surface area (Å²) in [4.78, 5) is 3.79. The number of halogens is 1. The molecule has 1 aromatic heterocycles. The van der Waals surface area contributed by atoms with Gasteiger partial charge in [0, 0.05) is 6.07 Å². The third-order valence-electron chi connectivity index (χ3n) is 2.74. The van der Waals surface area contributed by atoms with E-state index in [4.69, 9.17) is 4.74 Å². The Balaban J connectivity index is 2.00. The third kappa shape index (κ3) is 2.33.